The van der Waals surface area contributed by atoms with Gasteiger partial charge in [-0.05, 0) is 55.8 Å². The van der Waals surface area contributed by atoms with Gasteiger partial charge in [-0.1, -0.05) is 36.4 Å². The Morgan fingerprint density at radius 2 is 1.48 bits per heavy atom. The van der Waals surface area contributed by atoms with Crippen molar-refractivity contribution >= 4 is 28.8 Å². The average molecular weight is 446 g/mol. The molecule has 1 heterocycles. The molecule has 0 aromatic heterocycles. The molecule has 0 fully saturated rings. The van der Waals surface area contributed by atoms with Crippen molar-refractivity contribution in [2.45, 2.75) is 13.8 Å². The molecular formula is C26H23FN2O4. The number of hydrogen-bond donors (Lipinski definition) is 1. The summed E-state index contributed by atoms with van der Waals surface area (Å²) in [6.07, 6.45) is 0. The van der Waals surface area contributed by atoms with E-state index in [0.717, 1.165) is 4.90 Å². The number of anilines is 2. The summed E-state index contributed by atoms with van der Waals surface area (Å²) in [5.74, 6) is -0.768. The van der Waals surface area contributed by atoms with E-state index in [1.165, 1.54) is 18.2 Å². The smallest absolute Gasteiger partial charge is 0.282 e. The summed E-state index contributed by atoms with van der Waals surface area (Å²) in [4.78, 5) is 27.8. The average Bonchev–Trinajstić information content (AvgIpc) is 3.06. The van der Waals surface area contributed by atoms with E-state index in [-0.39, 0.29) is 17.0 Å². The minimum absolute atomic E-state index is 0.0413. The highest BCUT2D eigenvalue weighted by molar-refractivity contribution is 6.46. The molecule has 1 aliphatic heterocycles. The first-order chi connectivity index (χ1) is 16.0. The van der Waals surface area contributed by atoms with Crippen LogP contribution in [-0.4, -0.2) is 25.0 Å². The molecule has 3 aromatic rings. The number of imide groups is 1. The number of rotatable bonds is 8. The highest BCUT2D eigenvalue weighted by atomic mass is 19.1. The molecule has 0 aliphatic carbocycles. The lowest BCUT2D eigenvalue weighted by atomic mass is 10.0. The van der Waals surface area contributed by atoms with E-state index in [4.69, 9.17) is 9.47 Å². The normalized spacial score (nSPS) is 13.5. The van der Waals surface area contributed by atoms with Crippen LogP contribution < -0.4 is 19.7 Å². The maximum Gasteiger partial charge on any atom is 0.282 e. The Bertz CT molecular complexity index is 1220. The topological polar surface area (TPSA) is 67.9 Å². The number of carbonyl (C=O) groups excluding carboxylic acids is 2. The molecule has 1 N–H and O–H groups in total. The lowest BCUT2D eigenvalue weighted by Crippen LogP contribution is -2.33. The standard InChI is InChI=1S/C26H23FN2O4/c1-3-32-18-15-13-17(14-16-18)23-24(28-20-10-6-8-12-22(20)33-4-2)26(31)29(25(23)30)21-11-7-5-9-19(21)27/h5-16,28H,3-4H2,1-2H3. The Morgan fingerprint density at radius 3 is 2.18 bits per heavy atom. The molecule has 7 heteroatoms. The second-order valence-electron chi connectivity index (χ2n) is 7.16. The summed E-state index contributed by atoms with van der Waals surface area (Å²) in [7, 11) is 0. The van der Waals surface area contributed by atoms with Gasteiger partial charge in [-0.3, -0.25) is 9.59 Å². The highest BCUT2D eigenvalue weighted by Gasteiger charge is 2.41. The van der Waals surface area contributed by atoms with Crippen LogP contribution in [0.25, 0.3) is 5.57 Å². The van der Waals surface area contributed by atoms with E-state index in [0.29, 0.717) is 36.0 Å². The second kappa shape index (κ2) is 9.56. The minimum atomic E-state index is -0.666. The van der Waals surface area contributed by atoms with Crippen molar-refractivity contribution < 1.29 is 23.5 Å². The number of hydrogen-bond acceptors (Lipinski definition) is 5. The number of amides is 2. The van der Waals surface area contributed by atoms with Crippen LogP contribution in [0.15, 0.2) is 78.5 Å². The number of nitrogens with one attached hydrogen (secondary N) is 1. The predicted octanol–water partition coefficient (Wildman–Crippen LogP) is 5.02. The molecule has 0 saturated carbocycles. The Kier molecular flexibility index (Phi) is 6.40. The van der Waals surface area contributed by atoms with E-state index in [1.54, 1.807) is 48.5 Å². The molecular weight excluding hydrogens is 423 g/mol. The zero-order valence-corrected chi connectivity index (χ0v) is 18.3. The van der Waals surface area contributed by atoms with Gasteiger partial charge in [-0.15, -0.1) is 0 Å². The third-order valence-corrected chi connectivity index (χ3v) is 5.08. The maximum absolute atomic E-state index is 14.6. The highest BCUT2D eigenvalue weighted by Crippen LogP contribution is 2.36. The molecule has 0 radical (unpaired) electrons. The summed E-state index contributed by atoms with van der Waals surface area (Å²) < 4.78 is 25.7. The molecule has 6 nitrogen and oxygen atoms in total. The number of halogens is 1. The molecule has 0 saturated heterocycles. The Balaban J connectivity index is 1.82. The summed E-state index contributed by atoms with van der Waals surface area (Å²) in [6.45, 7) is 4.66. The van der Waals surface area contributed by atoms with Gasteiger partial charge in [0, 0.05) is 0 Å². The van der Waals surface area contributed by atoms with Crippen LogP contribution in [-0.2, 0) is 9.59 Å². The molecule has 4 rings (SSSR count). The first kappa shape index (κ1) is 22.1. The zero-order chi connectivity index (χ0) is 23.4. The quantitative estimate of drug-likeness (QED) is 0.492. The summed E-state index contributed by atoms with van der Waals surface area (Å²) in [5.41, 5.74) is 1.10. The Hall–Kier alpha value is -4.13. The van der Waals surface area contributed by atoms with Crippen LogP contribution in [0.3, 0.4) is 0 Å². The van der Waals surface area contributed by atoms with Crippen LogP contribution in [0.2, 0.25) is 0 Å². The van der Waals surface area contributed by atoms with Crippen molar-refractivity contribution in [2.75, 3.05) is 23.4 Å². The van der Waals surface area contributed by atoms with Gasteiger partial charge >= 0.3 is 0 Å². The molecule has 168 valence electrons. The molecule has 0 unspecified atom stereocenters. The Morgan fingerprint density at radius 1 is 0.818 bits per heavy atom. The summed E-state index contributed by atoms with van der Waals surface area (Å²) >= 11 is 0. The number of ether oxygens (including phenoxy) is 2. The van der Waals surface area contributed by atoms with Crippen LogP contribution in [0.4, 0.5) is 15.8 Å². The zero-order valence-electron chi connectivity index (χ0n) is 18.3. The van der Waals surface area contributed by atoms with Gasteiger partial charge in [0.05, 0.1) is 30.2 Å². The molecule has 0 spiro atoms. The largest absolute Gasteiger partial charge is 0.494 e. The van der Waals surface area contributed by atoms with Gasteiger partial charge in [0.2, 0.25) is 0 Å². The first-order valence-corrected chi connectivity index (χ1v) is 10.6. The number of benzene rings is 3. The molecule has 3 aromatic carbocycles. The van der Waals surface area contributed by atoms with Gasteiger partial charge in [0.15, 0.2) is 0 Å². The fourth-order valence-electron chi connectivity index (χ4n) is 3.64. The third-order valence-electron chi connectivity index (χ3n) is 5.08. The van der Waals surface area contributed by atoms with Crippen molar-refractivity contribution in [1.82, 2.24) is 0 Å². The lowest BCUT2D eigenvalue weighted by molar-refractivity contribution is -0.120. The van der Waals surface area contributed by atoms with E-state index >= 15 is 0 Å². The van der Waals surface area contributed by atoms with Crippen molar-refractivity contribution in [3.05, 3.63) is 89.9 Å². The van der Waals surface area contributed by atoms with Gasteiger partial charge in [-0.25, -0.2) is 9.29 Å². The van der Waals surface area contributed by atoms with E-state index < -0.39 is 17.6 Å². The summed E-state index contributed by atoms with van der Waals surface area (Å²) in [6, 6.07) is 19.6. The van der Waals surface area contributed by atoms with E-state index in [2.05, 4.69) is 5.32 Å². The van der Waals surface area contributed by atoms with Gasteiger partial charge in [0.25, 0.3) is 11.8 Å². The van der Waals surface area contributed by atoms with Crippen LogP contribution >= 0.6 is 0 Å². The Labute approximate surface area is 191 Å². The first-order valence-electron chi connectivity index (χ1n) is 10.6. The van der Waals surface area contributed by atoms with Gasteiger partial charge < -0.3 is 14.8 Å². The maximum atomic E-state index is 14.6. The predicted molar refractivity (Wildman–Crippen MR) is 125 cm³/mol. The van der Waals surface area contributed by atoms with Gasteiger partial charge in [-0.2, -0.15) is 0 Å². The van der Waals surface area contributed by atoms with Crippen molar-refractivity contribution in [3.8, 4) is 11.5 Å². The minimum Gasteiger partial charge on any atom is -0.494 e. The molecule has 2 amide bonds. The number of para-hydroxylation sites is 3. The monoisotopic (exact) mass is 446 g/mol. The molecule has 0 bridgehead atoms. The van der Waals surface area contributed by atoms with Crippen LogP contribution in [0.1, 0.15) is 19.4 Å². The second-order valence-corrected chi connectivity index (χ2v) is 7.16. The number of carbonyl (C=O) groups is 2. The van der Waals surface area contributed by atoms with Crippen LogP contribution in [0, 0.1) is 5.82 Å². The molecule has 1 aliphatic rings. The fraction of sp³-hybridized carbons (Fsp3) is 0.154. The lowest BCUT2D eigenvalue weighted by Gasteiger charge is -2.16. The number of nitrogens with zero attached hydrogens (tertiary/aromatic N) is 1. The van der Waals surface area contributed by atoms with Gasteiger partial charge in [0.1, 0.15) is 23.0 Å². The molecule has 0 atom stereocenters. The summed E-state index contributed by atoms with van der Waals surface area (Å²) in [5, 5.41) is 3.07. The SMILES string of the molecule is CCOc1ccc(C2=C(Nc3ccccc3OCC)C(=O)N(c3ccccc3F)C2=O)cc1. The van der Waals surface area contributed by atoms with Crippen molar-refractivity contribution in [1.29, 1.82) is 0 Å². The van der Waals surface area contributed by atoms with Crippen molar-refractivity contribution in [2.24, 2.45) is 0 Å². The van der Waals surface area contributed by atoms with Crippen molar-refractivity contribution in [3.63, 3.8) is 0 Å². The fourth-order valence-corrected chi connectivity index (χ4v) is 3.64. The van der Waals surface area contributed by atoms with E-state index in [1.807, 2.05) is 19.9 Å². The van der Waals surface area contributed by atoms with E-state index in [9.17, 15) is 14.0 Å². The molecule has 33 heavy (non-hydrogen) atoms. The van der Waals surface area contributed by atoms with Crippen LogP contribution in [0.5, 0.6) is 11.5 Å². The third kappa shape index (κ3) is 4.30.